The molecule has 258 valence electrons. The minimum atomic E-state index is -0.285. The Morgan fingerprint density at radius 2 is 0.860 bits per heavy atom. The first-order chi connectivity index (χ1) is 21.2. The van der Waals surface area contributed by atoms with Crippen LogP contribution in [0.3, 0.4) is 0 Å². The van der Waals surface area contributed by atoms with Gasteiger partial charge >= 0.3 is 6.09 Å². The van der Waals surface area contributed by atoms with Crippen molar-refractivity contribution >= 4 is 6.09 Å². The molecule has 1 atom stereocenters. The van der Waals surface area contributed by atoms with E-state index in [9.17, 15) is 4.79 Å². The van der Waals surface area contributed by atoms with Gasteiger partial charge in [0.05, 0.1) is 13.2 Å². The van der Waals surface area contributed by atoms with E-state index in [0.29, 0.717) is 19.8 Å². The molecule has 0 saturated heterocycles. The zero-order valence-corrected chi connectivity index (χ0v) is 29.3. The average molecular weight is 612 g/mol. The lowest BCUT2D eigenvalue weighted by Crippen LogP contribution is -2.30. The SMILES string of the molecule is CCCCCCCCCCCCCCCCC(CCCCCCCCCCCCCCC)OC(=O)NCCCOCCO. The standard InChI is InChI=1S/C38H77NO4/c1-3-5-7-9-11-13-15-17-19-21-23-25-27-29-32-37(43-38(41)39-33-30-35-42-36-34-40)31-28-26-24-22-20-18-16-14-12-10-8-6-4-2/h37,40H,3-36H2,1-2H3,(H,39,41). The summed E-state index contributed by atoms with van der Waals surface area (Å²) in [5.41, 5.74) is 0. The van der Waals surface area contributed by atoms with Crippen molar-refractivity contribution < 1.29 is 19.4 Å². The van der Waals surface area contributed by atoms with Crippen LogP contribution in [0.1, 0.15) is 206 Å². The molecule has 0 spiro atoms. The number of rotatable bonds is 36. The molecule has 0 rings (SSSR count). The molecule has 43 heavy (non-hydrogen) atoms. The highest BCUT2D eigenvalue weighted by atomic mass is 16.6. The Hall–Kier alpha value is -0.810. The van der Waals surface area contributed by atoms with Crippen molar-refractivity contribution in [2.24, 2.45) is 0 Å². The molecule has 5 heteroatoms. The van der Waals surface area contributed by atoms with Crippen LogP contribution in [0.4, 0.5) is 4.79 Å². The number of aliphatic hydroxyl groups excluding tert-OH is 1. The number of aliphatic hydroxyl groups is 1. The highest BCUT2D eigenvalue weighted by Gasteiger charge is 2.14. The van der Waals surface area contributed by atoms with Crippen molar-refractivity contribution in [3.63, 3.8) is 0 Å². The molecule has 1 amide bonds. The molecule has 0 bridgehead atoms. The average Bonchev–Trinajstić information content (AvgIpc) is 3.01. The topological polar surface area (TPSA) is 67.8 Å². The number of nitrogens with one attached hydrogen (secondary N) is 1. The van der Waals surface area contributed by atoms with E-state index < -0.39 is 0 Å². The van der Waals surface area contributed by atoms with Crippen molar-refractivity contribution in [3.05, 3.63) is 0 Å². The van der Waals surface area contributed by atoms with Gasteiger partial charge in [-0.05, 0) is 32.1 Å². The zero-order valence-electron chi connectivity index (χ0n) is 29.3. The predicted molar refractivity (Wildman–Crippen MR) is 186 cm³/mol. The van der Waals surface area contributed by atoms with Crippen molar-refractivity contribution in [2.45, 2.75) is 213 Å². The van der Waals surface area contributed by atoms with Crippen LogP contribution in [-0.2, 0) is 9.47 Å². The quantitative estimate of drug-likeness (QED) is 0.0692. The Bertz CT molecular complexity index is 530. The summed E-state index contributed by atoms with van der Waals surface area (Å²) in [6.45, 7) is 6.05. The highest BCUT2D eigenvalue weighted by Crippen LogP contribution is 2.18. The molecule has 0 saturated carbocycles. The summed E-state index contributed by atoms with van der Waals surface area (Å²) in [6.07, 6.45) is 39.2. The molecule has 0 aliphatic heterocycles. The number of alkyl carbamates (subject to hydrolysis) is 1. The second-order valence-corrected chi connectivity index (χ2v) is 13.1. The van der Waals surface area contributed by atoms with E-state index in [1.807, 2.05) is 0 Å². The molecule has 5 nitrogen and oxygen atoms in total. The molecule has 0 aromatic carbocycles. The number of carbonyl (C=O) groups excluding carboxylic acids is 1. The fourth-order valence-corrected chi connectivity index (χ4v) is 5.94. The van der Waals surface area contributed by atoms with E-state index >= 15 is 0 Å². The van der Waals surface area contributed by atoms with E-state index in [-0.39, 0.29) is 18.8 Å². The first-order valence-electron chi connectivity index (χ1n) is 19.4. The summed E-state index contributed by atoms with van der Waals surface area (Å²) in [4.78, 5) is 12.4. The van der Waals surface area contributed by atoms with E-state index in [1.54, 1.807) is 0 Å². The number of ether oxygens (including phenoxy) is 2. The molecule has 0 aliphatic rings. The summed E-state index contributed by atoms with van der Waals surface area (Å²) >= 11 is 0. The summed E-state index contributed by atoms with van der Waals surface area (Å²) in [6, 6.07) is 0. The van der Waals surface area contributed by atoms with Gasteiger partial charge in [0.1, 0.15) is 6.10 Å². The van der Waals surface area contributed by atoms with Crippen molar-refractivity contribution in [3.8, 4) is 0 Å². The minimum Gasteiger partial charge on any atom is -0.446 e. The fraction of sp³-hybridized carbons (Fsp3) is 0.974. The van der Waals surface area contributed by atoms with Crippen molar-refractivity contribution in [2.75, 3.05) is 26.4 Å². The van der Waals surface area contributed by atoms with E-state index in [1.165, 1.54) is 161 Å². The summed E-state index contributed by atoms with van der Waals surface area (Å²) in [5.74, 6) is 0. The molecule has 0 aromatic rings. The Kier molecular flexibility index (Phi) is 36.7. The first kappa shape index (κ1) is 42.2. The number of unbranched alkanes of at least 4 members (excludes halogenated alkanes) is 25. The third kappa shape index (κ3) is 35.5. The fourth-order valence-electron chi connectivity index (χ4n) is 5.94. The maximum atomic E-state index is 12.4. The lowest BCUT2D eigenvalue weighted by Gasteiger charge is -2.18. The van der Waals surface area contributed by atoms with Gasteiger partial charge < -0.3 is 19.9 Å². The number of carbonyl (C=O) groups is 1. The van der Waals surface area contributed by atoms with E-state index in [4.69, 9.17) is 14.6 Å². The van der Waals surface area contributed by atoms with Gasteiger partial charge in [0.15, 0.2) is 0 Å². The minimum absolute atomic E-state index is 0.0373. The Balaban J connectivity index is 3.97. The number of hydrogen-bond donors (Lipinski definition) is 2. The number of hydrogen-bond acceptors (Lipinski definition) is 4. The van der Waals surface area contributed by atoms with Crippen molar-refractivity contribution in [1.29, 1.82) is 0 Å². The lowest BCUT2D eigenvalue weighted by molar-refractivity contribution is 0.0789. The molecule has 0 aliphatic carbocycles. The number of amides is 1. The lowest BCUT2D eigenvalue weighted by atomic mass is 10.0. The molecule has 0 fully saturated rings. The van der Waals surface area contributed by atoms with Gasteiger partial charge in [-0.25, -0.2) is 4.79 Å². The van der Waals surface area contributed by atoms with Crippen LogP contribution in [-0.4, -0.2) is 43.7 Å². The second-order valence-electron chi connectivity index (χ2n) is 13.1. The van der Waals surface area contributed by atoms with Crippen LogP contribution in [0.2, 0.25) is 0 Å². The smallest absolute Gasteiger partial charge is 0.407 e. The van der Waals surface area contributed by atoms with Crippen molar-refractivity contribution in [1.82, 2.24) is 5.32 Å². The maximum Gasteiger partial charge on any atom is 0.407 e. The molecular formula is C38H77NO4. The molecule has 0 aromatic heterocycles. The first-order valence-corrected chi connectivity index (χ1v) is 19.4. The largest absolute Gasteiger partial charge is 0.446 e. The summed E-state index contributed by atoms with van der Waals surface area (Å²) < 4.78 is 11.1. The Morgan fingerprint density at radius 3 is 1.21 bits per heavy atom. The highest BCUT2D eigenvalue weighted by molar-refractivity contribution is 5.67. The van der Waals surface area contributed by atoms with Crippen LogP contribution in [0.5, 0.6) is 0 Å². The van der Waals surface area contributed by atoms with Crippen LogP contribution in [0, 0.1) is 0 Å². The van der Waals surface area contributed by atoms with Gasteiger partial charge in [0.2, 0.25) is 0 Å². The predicted octanol–water partition coefficient (Wildman–Crippen LogP) is 11.8. The van der Waals surface area contributed by atoms with Gasteiger partial charge in [-0.3, -0.25) is 0 Å². The monoisotopic (exact) mass is 612 g/mol. The van der Waals surface area contributed by atoms with Crippen LogP contribution < -0.4 is 5.32 Å². The van der Waals surface area contributed by atoms with E-state index in [0.717, 1.165) is 32.1 Å². The third-order valence-electron chi connectivity index (χ3n) is 8.75. The molecule has 1 unspecified atom stereocenters. The van der Waals surface area contributed by atoms with Gasteiger partial charge in [-0.2, -0.15) is 0 Å². The van der Waals surface area contributed by atoms with Gasteiger partial charge in [0, 0.05) is 13.2 Å². The molecule has 2 N–H and O–H groups in total. The van der Waals surface area contributed by atoms with Gasteiger partial charge in [-0.15, -0.1) is 0 Å². The maximum absolute atomic E-state index is 12.4. The normalized spacial score (nSPS) is 12.1. The third-order valence-corrected chi connectivity index (χ3v) is 8.75. The second kappa shape index (κ2) is 37.4. The summed E-state index contributed by atoms with van der Waals surface area (Å²) in [7, 11) is 0. The molecule has 0 heterocycles. The van der Waals surface area contributed by atoms with Crippen LogP contribution in [0.15, 0.2) is 0 Å². The molecular weight excluding hydrogens is 534 g/mol. The van der Waals surface area contributed by atoms with Gasteiger partial charge in [0.25, 0.3) is 0 Å². The van der Waals surface area contributed by atoms with Crippen LogP contribution in [0.25, 0.3) is 0 Å². The van der Waals surface area contributed by atoms with E-state index in [2.05, 4.69) is 19.2 Å². The summed E-state index contributed by atoms with van der Waals surface area (Å²) in [5, 5.41) is 11.7. The Labute approximate surface area is 269 Å². The molecule has 0 radical (unpaired) electrons. The van der Waals surface area contributed by atoms with Gasteiger partial charge in [-0.1, -0.05) is 174 Å². The van der Waals surface area contributed by atoms with Crippen LogP contribution >= 0.6 is 0 Å². The zero-order chi connectivity index (χ0) is 31.3. The Morgan fingerprint density at radius 1 is 0.512 bits per heavy atom.